The molecule has 1 saturated heterocycles. The maximum Gasteiger partial charge on any atom is 0.352 e. The van der Waals surface area contributed by atoms with Gasteiger partial charge in [-0.1, -0.05) is 12.1 Å². The number of thioether (sulfide) groups is 1. The van der Waals surface area contributed by atoms with Gasteiger partial charge in [-0.2, -0.15) is 0 Å². The Balaban J connectivity index is 1.45. The van der Waals surface area contributed by atoms with Crippen molar-refractivity contribution in [2.45, 2.75) is 38.2 Å². The predicted molar refractivity (Wildman–Crippen MR) is 181 cm³/mol. The number of amides is 3. The quantitative estimate of drug-likeness (QED) is 0.107. The third kappa shape index (κ3) is 8.33. The first-order chi connectivity index (χ1) is 25.5. The topological polar surface area (TPSA) is 271 Å². The van der Waals surface area contributed by atoms with E-state index in [0.717, 1.165) is 55.8 Å². The van der Waals surface area contributed by atoms with Crippen LogP contribution in [0.3, 0.4) is 0 Å². The molecule has 3 amide bonds. The minimum Gasteiger partial charge on any atom is -0.482 e. The van der Waals surface area contributed by atoms with Crippen LogP contribution in [0.5, 0.6) is 17.2 Å². The second-order valence-electron chi connectivity index (χ2n) is 11.6. The van der Waals surface area contributed by atoms with Crippen LogP contribution in [0.25, 0.3) is 11.0 Å². The van der Waals surface area contributed by atoms with Crippen molar-refractivity contribution in [2.75, 3.05) is 19.0 Å². The van der Waals surface area contributed by atoms with E-state index in [0.29, 0.717) is 0 Å². The average Bonchev–Trinajstić information content (AvgIpc) is 3.10. The molecular formula is C34H29N3O16S. The van der Waals surface area contributed by atoms with Crippen LogP contribution >= 0.6 is 11.8 Å². The molecule has 1 aromatic heterocycles. The summed E-state index contributed by atoms with van der Waals surface area (Å²) in [5.41, 5.74) is -1.83. The molecule has 5 rings (SSSR count). The zero-order valence-electron chi connectivity index (χ0n) is 28.4. The first kappa shape index (κ1) is 38.5. The van der Waals surface area contributed by atoms with Crippen molar-refractivity contribution in [2.24, 2.45) is 0 Å². The number of carbonyl (C=O) groups excluding carboxylic acids is 6. The number of β-lactam (4-membered cyclic amide) rings is 1. The van der Waals surface area contributed by atoms with Crippen LogP contribution in [0.15, 0.2) is 63.1 Å². The summed E-state index contributed by atoms with van der Waals surface area (Å²) in [5.74, 6) is -8.25. The summed E-state index contributed by atoms with van der Waals surface area (Å²) < 4.78 is 25.7. The third-order valence-electron chi connectivity index (χ3n) is 7.70. The van der Waals surface area contributed by atoms with Gasteiger partial charge in [0, 0.05) is 38.2 Å². The highest BCUT2D eigenvalue weighted by Crippen LogP contribution is 2.40. The summed E-state index contributed by atoms with van der Waals surface area (Å²) in [4.78, 5) is 113. The summed E-state index contributed by atoms with van der Waals surface area (Å²) in [6, 6.07) is 4.53. The number of fused-ring (bicyclic) bond motifs is 2. The van der Waals surface area contributed by atoms with E-state index in [2.05, 4.69) is 10.6 Å². The largest absolute Gasteiger partial charge is 0.482 e. The molecular weight excluding hydrogens is 738 g/mol. The van der Waals surface area contributed by atoms with Gasteiger partial charge in [-0.3, -0.25) is 38.5 Å². The van der Waals surface area contributed by atoms with Crippen LogP contribution in [0, 0.1) is 0 Å². The van der Waals surface area contributed by atoms with Crippen molar-refractivity contribution in [3.8, 4) is 17.2 Å². The molecule has 3 heterocycles. The predicted octanol–water partition coefficient (Wildman–Crippen LogP) is 0.880. The maximum atomic E-state index is 13.9. The minimum absolute atomic E-state index is 0.0486. The Kier molecular flexibility index (Phi) is 11.3. The molecule has 282 valence electrons. The van der Waals surface area contributed by atoms with Crippen LogP contribution < -0.4 is 30.3 Å². The number of hydrogen-bond acceptors (Lipinski definition) is 15. The SMILES string of the molecule is CC(=O)OCC1=C(C(=O)O)N2C(=O)[C@@H](NC(=O)C(NC(=O)c3coc4cc(OC(C)=O)c(OC(C)=O)cc4c3=O)c3ccc(OCC(=O)O)cc3)[C@@H]2SC1. The number of benzene rings is 2. The molecule has 0 saturated carbocycles. The summed E-state index contributed by atoms with van der Waals surface area (Å²) in [5, 5.41) is 22.6. The molecule has 2 aliphatic rings. The van der Waals surface area contributed by atoms with Crippen LogP contribution in [-0.2, 0) is 38.3 Å². The first-order valence-corrected chi connectivity index (χ1v) is 16.7. The molecule has 0 aliphatic carbocycles. The fourth-order valence-corrected chi connectivity index (χ4v) is 6.72. The van der Waals surface area contributed by atoms with Gasteiger partial charge in [0.05, 0.1) is 5.39 Å². The molecule has 19 nitrogen and oxygen atoms in total. The average molecular weight is 768 g/mol. The van der Waals surface area contributed by atoms with Crippen molar-refractivity contribution >= 4 is 70.3 Å². The van der Waals surface area contributed by atoms with Gasteiger partial charge < -0.3 is 44.2 Å². The minimum atomic E-state index is -1.62. The lowest BCUT2D eigenvalue weighted by molar-refractivity contribution is -0.151. The van der Waals surface area contributed by atoms with E-state index < -0.39 is 88.3 Å². The highest BCUT2D eigenvalue weighted by atomic mass is 32.2. The molecule has 1 unspecified atom stereocenters. The van der Waals surface area contributed by atoms with Gasteiger partial charge in [-0.15, -0.1) is 11.8 Å². The normalized spacial score (nSPS) is 16.6. The van der Waals surface area contributed by atoms with E-state index in [1.54, 1.807) is 0 Å². The van der Waals surface area contributed by atoms with Gasteiger partial charge in [0.15, 0.2) is 18.1 Å². The molecule has 2 aromatic carbocycles. The van der Waals surface area contributed by atoms with Gasteiger partial charge >= 0.3 is 29.8 Å². The van der Waals surface area contributed by atoms with Crippen molar-refractivity contribution in [3.05, 3.63) is 75.3 Å². The van der Waals surface area contributed by atoms with Crippen LogP contribution in [-0.4, -0.2) is 93.1 Å². The second kappa shape index (κ2) is 15.9. The summed E-state index contributed by atoms with van der Waals surface area (Å²) >= 11 is 1.10. The standard InChI is InChI=1S/C34H29N3O16S/c1-14(38)49-10-18-13-54-33-27(32(46)37(33)28(18)34(47)48)36-31(45)26(17-4-6-19(7-5-17)50-12-25(41)42)35-30(44)21-11-51-22-9-24(53-16(3)40)23(52-15(2)39)8-20(22)29(21)43/h4-9,11,26-27,33H,10,12-13H2,1-3H3,(H,35,44)(H,36,45)(H,41,42)(H,47,48)/t26?,27-,33+/m1/s1. The van der Waals surface area contributed by atoms with Gasteiger partial charge in [0.2, 0.25) is 11.3 Å². The van der Waals surface area contributed by atoms with E-state index in [-0.39, 0.29) is 51.7 Å². The molecule has 0 spiro atoms. The Hall–Kier alpha value is -6.70. The Labute approximate surface area is 307 Å². The Morgan fingerprint density at radius 2 is 1.59 bits per heavy atom. The lowest BCUT2D eigenvalue weighted by atomic mass is 10.0. The van der Waals surface area contributed by atoms with E-state index >= 15 is 0 Å². The number of hydrogen-bond donors (Lipinski definition) is 4. The molecule has 2 aliphatic heterocycles. The van der Waals surface area contributed by atoms with Gasteiger partial charge in [-0.05, 0) is 23.8 Å². The van der Waals surface area contributed by atoms with Gasteiger partial charge in [0.25, 0.3) is 11.8 Å². The number of aliphatic carboxylic acids is 2. The second-order valence-corrected chi connectivity index (χ2v) is 12.7. The van der Waals surface area contributed by atoms with Crippen molar-refractivity contribution in [3.63, 3.8) is 0 Å². The Morgan fingerprint density at radius 3 is 2.19 bits per heavy atom. The number of esters is 3. The molecule has 3 atom stereocenters. The van der Waals surface area contributed by atoms with Crippen LogP contribution in [0.1, 0.15) is 42.7 Å². The fourth-order valence-electron chi connectivity index (χ4n) is 5.39. The van der Waals surface area contributed by atoms with Crippen LogP contribution in [0.2, 0.25) is 0 Å². The summed E-state index contributed by atoms with van der Waals surface area (Å²) in [6.07, 6.45) is 0.792. The molecule has 20 heteroatoms. The molecule has 3 aromatic rings. The molecule has 54 heavy (non-hydrogen) atoms. The van der Waals surface area contributed by atoms with Gasteiger partial charge in [-0.25, -0.2) is 9.59 Å². The monoisotopic (exact) mass is 767 g/mol. The number of nitrogens with zero attached hydrogens (tertiary/aromatic N) is 1. The molecule has 0 radical (unpaired) electrons. The van der Waals surface area contributed by atoms with Crippen molar-refractivity contribution in [1.29, 1.82) is 0 Å². The Bertz CT molecular complexity index is 2190. The van der Waals surface area contributed by atoms with E-state index in [4.69, 9.17) is 28.5 Å². The highest BCUT2D eigenvalue weighted by molar-refractivity contribution is 8.00. The fraction of sp³-hybridized carbons (Fsp3) is 0.265. The lowest BCUT2D eigenvalue weighted by Crippen LogP contribution is -2.71. The van der Waals surface area contributed by atoms with E-state index in [9.17, 15) is 48.3 Å². The number of rotatable bonds is 13. The number of carboxylic acids is 2. The number of carboxylic acid groups (broad SMARTS) is 2. The third-order valence-corrected chi connectivity index (χ3v) is 9.04. The molecule has 4 N–H and O–H groups in total. The molecule has 1 fully saturated rings. The van der Waals surface area contributed by atoms with Crippen molar-refractivity contribution < 1.29 is 71.9 Å². The Morgan fingerprint density at radius 1 is 0.944 bits per heavy atom. The summed E-state index contributed by atoms with van der Waals surface area (Å²) in [6.45, 7) is 2.26. The first-order valence-electron chi connectivity index (χ1n) is 15.6. The lowest BCUT2D eigenvalue weighted by Gasteiger charge is -2.49. The number of ether oxygens (including phenoxy) is 4. The van der Waals surface area contributed by atoms with E-state index in [1.165, 1.54) is 24.3 Å². The zero-order chi connectivity index (χ0) is 39.4. The van der Waals surface area contributed by atoms with E-state index in [1.807, 2.05) is 0 Å². The number of carbonyl (C=O) groups is 8. The van der Waals surface area contributed by atoms with Crippen molar-refractivity contribution in [1.82, 2.24) is 15.5 Å². The smallest absolute Gasteiger partial charge is 0.352 e. The zero-order valence-corrected chi connectivity index (χ0v) is 29.2. The highest BCUT2D eigenvalue weighted by Gasteiger charge is 2.54. The molecule has 0 bridgehead atoms. The summed E-state index contributed by atoms with van der Waals surface area (Å²) in [7, 11) is 0. The van der Waals surface area contributed by atoms with Gasteiger partial charge in [0.1, 0.15) is 52.9 Å². The van der Waals surface area contributed by atoms with Crippen LogP contribution in [0.4, 0.5) is 0 Å². The number of nitrogens with one attached hydrogen (secondary N) is 2. The maximum absolute atomic E-state index is 13.9.